The van der Waals surface area contributed by atoms with Gasteiger partial charge in [-0.1, -0.05) is 26.8 Å². The molecule has 0 fully saturated rings. The number of hydrogen-bond acceptors (Lipinski definition) is 6. The molecule has 0 amide bonds. The second-order valence-electron chi connectivity index (χ2n) is 9.91. The zero-order valence-electron chi connectivity index (χ0n) is 19.8. The first-order chi connectivity index (χ1) is 15.7. The van der Waals surface area contributed by atoms with Gasteiger partial charge in [0.25, 0.3) is 5.56 Å². The number of hydrogen-bond donors (Lipinski definition) is 2. The van der Waals surface area contributed by atoms with Gasteiger partial charge in [-0.2, -0.15) is 4.98 Å². The van der Waals surface area contributed by atoms with Crippen molar-refractivity contribution in [2.24, 2.45) is 0 Å². The first-order valence-electron chi connectivity index (χ1n) is 11.4. The van der Waals surface area contributed by atoms with Gasteiger partial charge in [-0.15, -0.1) is 0 Å². The van der Waals surface area contributed by atoms with Crippen molar-refractivity contribution in [3.8, 4) is 5.69 Å². The fourth-order valence-corrected chi connectivity index (χ4v) is 4.47. The van der Waals surface area contributed by atoms with Crippen LogP contribution in [0.5, 0.6) is 0 Å². The van der Waals surface area contributed by atoms with Gasteiger partial charge in [-0.3, -0.25) is 4.79 Å². The minimum absolute atomic E-state index is 0.0704. The number of aromatic nitrogens is 4. The fraction of sp³-hybridized carbons (Fsp3) is 0.400. The Hall–Kier alpha value is -3.39. The SMILES string of the molecule is CC(C)n1c(=O)c2cnc(Nc3ccc4c(c3)CNCC4)nc2n1-c1ccoc1C(C)(C)C. The topological polar surface area (TPSA) is 89.9 Å². The summed E-state index contributed by atoms with van der Waals surface area (Å²) in [5, 5.41) is 7.21. The highest BCUT2D eigenvalue weighted by molar-refractivity contribution is 5.77. The fourth-order valence-electron chi connectivity index (χ4n) is 4.47. The average molecular weight is 447 g/mol. The van der Waals surface area contributed by atoms with Crippen molar-refractivity contribution in [1.29, 1.82) is 0 Å². The molecule has 172 valence electrons. The molecule has 0 spiro atoms. The van der Waals surface area contributed by atoms with E-state index in [9.17, 15) is 4.79 Å². The summed E-state index contributed by atoms with van der Waals surface area (Å²) in [7, 11) is 0. The quantitative estimate of drug-likeness (QED) is 0.482. The smallest absolute Gasteiger partial charge is 0.278 e. The molecule has 0 radical (unpaired) electrons. The molecular weight excluding hydrogens is 416 g/mol. The van der Waals surface area contributed by atoms with Crippen molar-refractivity contribution in [3.05, 3.63) is 64.0 Å². The van der Waals surface area contributed by atoms with Crippen LogP contribution >= 0.6 is 0 Å². The Labute approximate surface area is 192 Å². The Bertz CT molecular complexity index is 1390. The van der Waals surface area contributed by atoms with Crippen LogP contribution in [0.25, 0.3) is 16.7 Å². The first kappa shape index (κ1) is 21.5. The number of nitrogens with one attached hydrogen (secondary N) is 2. The third kappa shape index (κ3) is 3.74. The Kier molecular flexibility index (Phi) is 5.12. The lowest BCUT2D eigenvalue weighted by molar-refractivity contribution is 0.399. The Morgan fingerprint density at radius 2 is 2.00 bits per heavy atom. The molecule has 1 aromatic carbocycles. The van der Waals surface area contributed by atoms with Crippen LogP contribution in [0.4, 0.5) is 11.6 Å². The van der Waals surface area contributed by atoms with Gasteiger partial charge < -0.3 is 15.1 Å². The summed E-state index contributed by atoms with van der Waals surface area (Å²) in [5.74, 6) is 1.24. The molecule has 5 rings (SSSR count). The van der Waals surface area contributed by atoms with E-state index < -0.39 is 0 Å². The van der Waals surface area contributed by atoms with Gasteiger partial charge in [0.1, 0.15) is 16.8 Å². The van der Waals surface area contributed by atoms with Crippen molar-refractivity contribution in [2.75, 3.05) is 11.9 Å². The Balaban J connectivity index is 1.64. The van der Waals surface area contributed by atoms with E-state index in [1.165, 1.54) is 11.1 Å². The maximum Gasteiger partial charge on any atom is 0.278 e. The maximum atomic E-state index is 13.3. The van der Waals surface area contributed by atoms with Crippen molar-refractivity contribution < 1.29 is 4.42 Å². The van der Waals surface area contributed by atoms with Gasteiger partial charge in [0, 0.05) is 36.0 Å². The van der Waals surface area contributed by atoms with Gasteiger partial charge in [0.2, 0.25) is 5.95 Å². The van der Waals surface area contributed by atoms with E-state index >= 15 is 0 Å². The van der Waals surface area contributed by atoms with Gasteiger partial charge in [0.15, 0.2) is 5.65 Å². The summed E-state index contributed by atoms with van der Waals surface area (Å²) in [6, 6.07) is 8.17. The second-order valence-corrected chi connectivity index (χ2v) is 9.91. The highest BCUT2D eigenvalue weighted by atomic mass is 16.3. The van der Waals surface area contributed by atoms with Crippen LogP contribution in [0, 0.1) is 0 Å². The van der Waals surface area contributed by atoms with Crippen molar-refractivity contribution >= 4 is 22.7 Å². The largest absolute Gasteiger partial charge is 0.466 e. The third-order valence-electron chi connectivity index (χ3n) is 6.02. The average Bonchev–Trinajstić information content (AvgIpc) is 3.36. The number of rotatable bonds is 4. The molecule has 1 aliphatic rings. The van der Waals surface area contributed by atoms with Crippen LogP contribution in [0.15, 0.2) is 45.9 Å². The summed E-state index contributed by atoms with van der Waals surface area (Å²) < 4.78 is 9.44. The predicted octanol–water partition coefficient (Wildman–Crippen LogP) is 4.44. The van der Waals surface area contributed by atoms with E-state index in [0.29, 0.717) is 17.0 Å². The lowest BCUT2D eigenvalue weighted by atomic mass is 9.92. The molecule has 0 saturated heterocycles. The van der Waals surface area contributed by atoms with Crippen LogP contribution in [-0.2, 0) is 18.4 Å². The van der Waals surface area contributed by atoms with E-state index in [1.54, 1.807) is 17.1 Å². The molecule has 0 saturated carbocycles. The zero-order valence-corrected chi connectivity index (χ0v) is 19.8. The maximum absolute atomic E-state index is 13.3. The highest BCUT2D eigenvalue weighted by Crippen LogP contribution is 2.31. The number of anilines is 2. The van der Waals surface area contributed by atoms with Crippen molar-refractivity contribution in [2.45, 2.75) is 59.0 Å². The second kappa shape index (κ2) is 7.88. The van der Waals surface area contributed by atoms with E-state index in [1.807, 2.05) is 24.6 Å². The molecule has 4 heterocycles. The summed E-state index contributed by atoms with van der Waals surface area (Å²) in [5.41, 5.74) is 4.58. The summed E-state index contributed by atoms with van der Waals surface area (Å²) in [6.45, 7) is 12.1. The third-order valence-corrected chi connectivity index (χ3v) is 6.02. The van der Waals surface area contributed by atoms with E-state index in [4.69, 9.17) is 9.40 Å². The monoisotopic (exact) mass is 446 g/mol. The summed E-state index contributed by atoms with van der Waals surface area (Å²) in [4.78, 5) is 22.5. The molecule has 0 aliphatic carbocycles. The molecule has 0 bridgehead atoms. The van der Waals surface area contributed by atoms with E-state index in [2.05, 4.69) is 54.6 Å². The molecule has 3 aromatic heterocycles. The highest BCUT2D eigenvalue weighted by Gasteiger charge is 2.27. The Morgan fingerprint density at radius 3 is 2.76 bits per heavy atom. The van der Waals surface area contributed by atoms with Gasteiger partial charge in [-0.05, 0) is 50.1 Å². The number of benzene rings is 1. The predicted molar refractivity (Wildman–Crippen MR) is 130 cm³/mol. The molecule has 2 N–H and O–H groups in total. The minimum atomic E-state index is -0.238. The lowest BCUT2D eigenvalue weighted by Crippen LogP contribution is -2.25. The van der Waals surface area contributed by atoms with Crippen LogP contribution in [0.1, 0.15) is 57.5 Å². The minimum Gasteiger partial charge on any atom is -0.466 e. The number of furan rings is 1. The van der Waals surface area contributed by atoms with E-state index in [0.717, 1.165) is 36.6 Å². The zero-order chi connectivity index (χ0) is 23.3. The van der Waals surface area contributed by atoms with Crippen molar-refractivity contribution in [3.63, 3.8) is 0 Å². The van der Waals surface area contributed by atoms with Crippen LogP contribution in [0.3, 0.4) is 0 Å². The number of fused-ring (bicyclic) bond motifs is 2. The lowest BCUT2D eigenvalue weighted by Gasteiger charge is -2.21. The van der Waals surface area contributed by atoms with Crippen LogP contribution < -0.4 is 16.2 Å². The summed E-state index contributed by atoms with van der Waals surface area (Å²) in [6.07, 6.45) is 4.31. The molecule has 4 aromatic rings. The first-order valence-corrected chi connectivity index (χ1v) is 11.4. The van der Waals surface area contributed by atoms with Gasteiger partial charge in [-0.25, -0.2) is 14.3 Å². The number of nitrogens with zero attached hydrogens (tertiary/aromatic N) is 4. The molecule has 8 heteroatoms. The molecular formula is C25H30N6O2. The normalized spacial score (nSPS) is 14.1. The standard InChI is InChI=1S/C25H30N6O2/c1-15(2)30-23(32)19-14-27-24(28-18-7-6-16-8-10-26-13-17(16)12-18)29-22(19)31(30)20-9-11-33-21(20)25(3,4)5/h6-7,9,11-12,14-15,26H,8,10,13H2,1-5H3,(H,27,28,29). The molecule has 0 unspecified atom stereocenters. The molecule has 8 nitrogen and oxygen atoms in total. The molecule has 0 atom stereocenters. The summed E-state index contributed by atoms with van der Waals surface area (Å²) >= 11 is 0. The van der Waals surface area contributed by atoms with Crippen LogP contribution in [0.2, 0.25) is 0 Å². The molecule has 1 aliphatic heterocycles. The van der Waals surface area contributed by atoms with Gasteiger partial charge >= 0.3 is 0 Å². The Morgan fingerprint density at radius 1 is 1.18 bits per heavy atom. The van der Waals surface area contributed by atoms with Crippen molar-refractivity contribution in [1.82, 2.24) is 24.6 Å². The van der Waals surface area contributed by atoms with Gasteiger partial charge in [0.05, 0.1) is 6.26 Å². The van der Waals surface area contributed by atoms with E-state index in [-0.39, 0.29) is 17.0 Å². The molecule has 33 heavy (non-hydrogen) atoms. The van der Waals surface area contributed by atoms with Crippen LogP contribution in [-0.4, -0.2) is 25.9 Å².